The third-order valence-corrected chi connectivity index (χ3v) is 0.577. The second-order valence-corrected chi connectivity index (χ2v) is 1.86. The Morgan fingerprint density at radius 3 is 2.00 bits per heavy atom. The molecule has 0 aliphatic carbocycles. The molecule has 0 aliphatic heterocycles. The Labute approximate surface area is 42.3 Å². The number of rotatable bonds is 1. The summed E-state index contributed by atoms with van der Waals surface area (Å²) < 4.78 is 0.0120. The van der Waals surface area contributed by atoms with E-state index in [1.54, 1.807) is 0 Å². The Bertz CT molecular complexity index is 21.6. The van der Waals surface area contributed by atoms with E-state index in [0.717, 1.165) is 0 Å². The molecule has 0 aromatic carbocycles. The fraction of sp³-hybridized carbons (Fsp3) is 1.00. The Morgan fingerprint density at radius 1 is 1.80 bits per heavy atom. The van der Waals surface area contributed by atoms with Crippen molar-refractivity contribution >= 4 is 0 Å². The second kappa shape index (κ2) is 2.80. The summed E-state index contributed by atoms with van der Waals surface area (Å²) in [7, 11) is 0. The SMILES string of the molecule is NC[CH](N)[Pd]. The van der Waals surface area contributed by atoms with Crippen molar-refractivity contribution in [2.24, 2.45) is 11.5 Å². The molecule has 0 aromatic heterocycles. The van der Waals surface area contributed by atoms with Gasteiger partial charge in [0.2, 0.25) is 0 Å². The van der Waals surface area contributed by atoms with Crippen molar-refractivity contribution in [1.29, 1.82) is 0 Å². The Balaban J connectivity index is 2.54. The van der Waals surface area contributed by atoms with Crippen molar-refractivity contribution in [2.75, 3.05) is 6.54 Å². The summed E-state index contributed by atoms with van der Waals surface area (Å²) in [4.78, 5) is 0. The van der Waals surface area contributed by atoms with Crippen LogP contribution in [0.4, 0.5) is 0 Å². The van der Waals surface area contributed by atoms with Crippen LogP contribution in [0.5, 0.6) is 0 Å². The van der Waals surface area contributed by atoms with Crippen LogP contribution in [0.3, 0.4) is 0 Å². The van der Waals surface area contributed by atoms with Crippen LogP contribution in [-0.2, 0) is 19.2 Å². The Morgan fingerprint density at radius 2 is 2.00 bits per heavy atom. The topological polar surface area (TPSA) is 52.0 Å². The third kappa shape index (κ3) is 4.58. The van der Waals surface area contributed by atoms with E-state index in [1.807, 2.05) is 0 Å². The van der Waals surface area contributed by atoms with Gasteiger partial charge in [0, 0.05) is 0 Å². The predicted molar refractivity (Wildman–Crippen MR) is 17.0 cm³/mol. The van der Waals surface area contributed by atoms with Crippen LogP contribution in [0.25, 0.3) is 0 Å². The monoisotopic (exact) mass is 165 g/mol. The van der Waals surface area contributed by atoms with Crippen LogP contribution in [0, 0.1) is 0 Å². The van der Waals surface area contributed by atoms with Gasteiger partial charge in [0.05, 0.1) is 0 Å². The fourth-order valence-electron chi connectivity index (χ4n) is 0. The molecule has 5 heavy (non-hydrogen) atoms. The molecular formula is C2H7N2Pd. The summed E-state index contributed by atoms with van der Waals surface area (Å²) in [5, 5.41) is 0. The molecule has 4 N–H and O–H groups in total. The van der Waals surface area contributed by atoms with Crippen LogP contribution in [-0.4, -0.2) is 11.1 Å². The van der Waals surface area contributed by atoms with Crippen molar-refractivity contribution in [2.45, 2.75) is 4.51 Å². The third-order valence-electron chi connectivity index (χ3n) is 0.211. The van der Waals surface area contributed by atoms with E-state index in [1.165, 1.54) is 0 Å². The van der Waals surface area contributed by atoms with Crippen molar-refractivity contribution in [3.05, 3.63) is 0 Å². The molecule has 0 saturated carbocycles. The fourth-order valence-corrected chi connectivity index (χ4v) is 0. The average Bonchev–Trinajstić information content (AvgIpc) is 1.38. The zero-order valence-electron chi connectivity index (χ0n) is 2.76. The minimum absolute atomic E-state index is 0.0120. The normalized spacial score (nSPS) is 15.2. The molecule has 1 unspecified atom stereocenters. The first-order valence-corrected chi connectivity index (χ1v) is 2.23. The molecule has 1 atom stereocenters. The Hall–Kier alpha value is 0.582. The van der Waals surface area contributed by atoms with Crippen LogP contribution < -0.4 is 11.5 Å². The van der Waals surface area contributed by atoms with Crippen molar-refractivity contribution in [3.8, 4) is 0 Å². The van der Waals surface area contributed by atoms with E-state index < -0.39 is 0 Å². The zero-order valence-corrected chi connectivity index (χ0v) is 4.31. The Kier molecular flexibility index (Phi) is 3.13. The number of nitrogens with two attached hydrogens (primary N) is 2. The van der Waals surface area contributed by atoms with Gasteiger partial charge in [0.1, 0.15) is 0 Å². The maximum absolute atomic E-state index is 5.10. The van der Waals surface area contributed by atoms with Crippen molar-refractivity contribution in [1.82, 2.24) is 0 Å². The molecule has 0 radical (unpaired) electrons. The first-order chi connectivity index (χ1) is 2.27. The summed E-state index contributed by atoms with van der Waals surface area (Å²) in [6, 6.07) is 0. The predicted octanol–water partition coefficient (Wildman–Crippen LogP) is -1.22. The zero-order chi connectivity index (χ0) is 4.28. The average molecular weight is 166 g/mol. The summed E-state index contributed by atoms with van der Waals surface area (Å²) in [6.45, 7) is 0.517. The van der Waals surface area contributed by atoms with Gasteiger partial charge in [0.25, 0.3) is 0 Å². The van der Waals surface area contributed by atoms with Gasteiger partial charge in [-0.1, -0.05) is 0 Å². The van der Waals surface area contributed by atoms with Gasteiger partial charge in [-0.25, -0.2) is 0 Å². The molecule has 3 heteroatoms. The van der Waals surface area contributed by atoms with Crippen LogP contribution >= 0.6 is 0 Å². The van der Waals surface area contributed by atoms with Crippen LogP contribution in [0.2, 0.25) is 0 Å². The molecule has 0 bridgehead atoms. The second-order valence-electron chi connectivity index (χ2n) is 0.706. The molecule has 0 spiro atoms. The molecule has 0 amide bonds. The molecule has 35 valence electrons. The molecule has 0 aromatic rings. The van der Waals surface area contributed by atoms with Gasteiger partial charge < -0.3 is 0 Å². The van der Waals surface area contributed by atoms with Gasteiger partial charge in [-0.3, -0.25) is 0 Å². The number of hydrogen-bond acceptors (Lipinski definition) is 2. The van der Waals surface area contributed by atoms with Gasteiger partial charge in [-0.05, 0) is 0 Å². The number of hydrogen-bond donors (Lipinski definition) is 2. The molecule has 0 aliphatic rings. The molecule has 2 nitrogen and oxygen atoms in total. The van der Waals surface area contributed by atoms with E-state index in [2.05, 4.69) is 19.2 Å². The van der Waals surface area contributed by atoms with Crippen molar-refractivity contribution in [3.63, 3.8) is 0 Å². The van der Waals surface area contributed by atoms with Gasteiger partial charge in [-0.15, -0.1) is 0 Å². The van der Waals surface area contributed by atoms with Crippen LogP contribution in [0.15, 0.2) is 0 Å². The summed E-state index contributed by atoms with van der Waals surface area (Å²) >= 11 is 2.80. The summed E-state index contributed by atoms with van der Waals surface area (Å²) in [6.07, 6.45) is 0. The molecule has 0 fully saturated rings. The van der Waals surface area contributed by atoms with E-state index in [0.29, 0.717) is 6.54 Å². The molecule has 0 heterocycles. The maximum atomic E-state index is 5.10. The summed E-state index contributed by atoms with van der Waals surface area (Å²) in [5.74, 6) is 0. The molecule has 0 rings (SSSR count). The van der Waals surface area contributed by atoms with E-state index in [-0.39, 0.29) is 4.51 Å². The quantitative estimate of drug-likeness (QED) is 0.479. The van der Waals surface area contributed by atoms with Crippen LogP contribution in [0.1, 0.15) is 0 Å². The van der Waals surface area contributed by atoms with E-state index >= 15 is 0 Å². The minimum atomic E-state index is 0.0120. The van der Waals surface area contributed by atoms with Gasteiger partial charge >= 0.3 is 41.7 Å². The first kappa shape index (κ1) is 5.58. The molecular weight excluding hydrogens is 158 g/mol. The molecule has 0 saturated heterocycles. The van der Waals surface area contributed by atoms with Gasteiger partial charge in [-0.2, -0.15) is 0 Å². The van der Waals surface area contributed by atoms with E-state index in [9.17, 15) is 0 Å². The van der Waals surface area contributed by atoms with E-state index in [4.69, 9.17) is 11.5 Å². The van der Waals surface area contributed by atoms with Gasteiger partial charge in [0.15, 0.2) is 0 Å². The van der Waals surface area contributed by atoms with Crippen molar-refractivity contribution < 1.29 is 19.2 Å². The first-order valence-electron chi connectivity index (χ1n) is 1.33. The summed E-state index contributed by atoms with van der Waals surface area (Å²) in [5.41, 5.74) is 10.1. The standard InChI is InChI=1S/C2H7N2.Pd/c3-1-2-4;/h1H,2-4H2;.